The molecular weight excluding hydrogens is 364 g/mol. The van der Waals surface area contributed by atoms with Crippen molar-refractivity contribution in [3.8, 4) is 11.4 Å². The maximum atomic E-state index is 6.61. The molecule has 0 bridgehead atoms. The van der Waals surface area contributed by atoms with Gasteiger partial charge in [0, 0.05) is 16.7 Å². The van der Waals surface area contributed by atoms with Crippen molar-refractivity contribution >= 4 is 22.9 Å². The van der Waals surface area contributed by atoms with Gasteiger partial charge in [-0.05, 0) is 32.0 Å². The molecule has 3 heterocycles. The Morgan fingerprint density at radius 3 is 2.23 bits per heavy atom. The zero-order chi connectivity index (χ0) is 19.1. The van der Waals surface area contributed by atoms with E-state index < -0.39 is 0 Å². The van der Waals surface area contributed by atoms with Crippen LogP contribution in [0.1, 0.15) is 76.8 Å². The molecule has 4 nitrogen and oxygen atoms in total. The van der Waals surface area contributed by atoms with Crippen LogP contribution in [0.2, 0.25) is 4.34 Å². The first-order valence-electron chi connectivity index (χ1n) is 9.33. The quantitative estimate of drug-likeness (QED) is 0.751. The molecule has 0 radical (unpaired) electrons. The second-order valence-corrected chi connectivity index (χ2v) is 10.8. The molecule has 0 saturated carbocycles. The van der Waals surface area contributed by atoms with Crippen molar-refractivity contribution in [1.29, 1.82) is 0 Å². The van der Waals surface area contributed by atoms with Gasteiger partial charge in [-0.3, -0.25) is 0 Å². The van der Waals surface area contributed by atoms with Crippen LogP contribution in [0.4, 0.5) is 0 Å². The second-order valence-electron chi connectivity index (χ2n) is 9.16. The number of hydrogen-bond acceptors (Lipinski definition) is 5. The summed E-state index contributed by atoms with van der Waals surface area (Å²) in [5, 5.41) is 4.55. The minimum atomic E-state index is -0.129. The third-order valence-corrected chi connectivity index (χ3v) is 6.12. The Hall–Kier alpha value is -1.04. The van der Waals surface area contributed by atoms with Gasteiger partial charge in [0.1, 0.15) is 15.9 Å². The van der Waals surface area contributed by atoms with Gasteiger partial charge in [-0.2, -0.15) is 0 Å². The summed E-state index contributed by atoms with van der Waals surface area (Å²) >= 11 is 8.22. The first kappa shape index (κ1) is 19.7. The van der Waals surface area contributed by atoms with Gasteiger partial charge in [-0.1, -0.05) is 53.1 Å². The summed E-state index contributed by atoms with van der Waals surface area (Å²) in [5.74, 6) is 1.34. The van der Waals surface area contributed by atoms with E-state index in [1.807, 2.05) is 0 Å². The first-order chi connectivity index (χ1) is 12.1. The molecule has 1 aliphatic rings. The van der Waals surface area contributed by atoms with Crippen LogP contribution in [-0.4, -0.2) is 28.0 Å². The molecule has 0 atom stereocenters. The Morgan fingerprint density at radius 2 is 1.65 bits per heavy atom. The van der Waals surface area contributed by atoms with E-state index in [1.165, 1.54) is 0 Å². The van der Waals surface area contributed by atoms with Crippen molar-refractivity contribution < 1.29 is 0 Å². The lowest BCUT2D eigenvalue weighted by Crippen LogP contribution is -2.26. The number of rotatable bonds is 2. The van der Waals surface area contributed by atoms with Crippen molar-refractivity contribution in [2.45, 2.75) is 71.1 Å². The third-order valence-electron chi connectivity index (χ3n) is 4.70. The van der Waals surface area contributed by atoms with Gasteiger partial charge >= 0.3 is 0 Å². The molecule has 2 aromatic heterocycles. The van der Waals surface area contributed by atoms with Crippen LogP contribution in [0.5, 0.6) is 0 Å². The SMILES string of the molecule is CC(C)(C)c1cc(-c2nc(C3CCNCC3)sc2Cl)nc(C(C)(C)C)n1. The van der Waals surface area contributed by atoms with Gasteiger partial charge < -0.3 is 5.32 Å². The zero-order valence-corrected chi connectivity index (χ0v) is 18.2. The van der Waals surface area contributed by atoms with E-state index >= 15 is 0 Å². The minimum absolute atomic E-state index is 0.0575. The van der Waals surface area contributed by atoms with Crippen molar-refractivity contribution in [2.75, 3.05) is 13.1 Å². The Kier molecular flexibility index (Phi) is 5.44. The van der Waals surface area contributed by atoms with Crippen LogP contribution in [0.3, 0.4) is 0 Å². The lowest BCUT2D eigenvalue weighted by atomic mass is 9.89. The first-order valence-corrected chi connectivity index (χ1v) is 10.5. The fraction of sp³-hybridized carbons (Fsp3) is 0.650. The lowest BCUT2D eigenvalue weighted by molar-refractivity contribution is 0.459. The van der Waals surface area contributed by atoms with E-state index in [0.29, 0.717) is 5.92 Å². The number of nitrogens with zero attached hydrogens (tertiary/aromatic N) is 3. The lowest BCUT2D eigenvalue weighted by Gasteiger charge is -2.23. The summed E-state index contributed by atoms with van der Waals surface area (Å²) in [6, 6.07) is 2.06. The molecule has 1 aliphatic heterocycles. The molecule has 0 aromatic carbocycles. The van der Waals surface area contributed by atoms with Crippen LogP contribution >= 0.6 is 22.9 Å². The highest BCUT2D eigenvalue weighted by atomic mass is 35.5. The topological polar surface area (TPSA) is 50.7 Å². The van der Waals surface area contributed by atoms with Crippen LogP contribution in [-0.2, 0) is 10.8 Å². The molecule has 26 heavy (non-hydrogen) atoms. The van der Waals surface area contributed by atoms with Crippen molar-refractivity contribution in [1.82, 2.24) is 20.3 Å². The van der Waals surface area contributed by atoms with Gasteiger partial charge in [0.2, 0.25) is 0 Å². The number of halogens is 1. The average Bonchev–Trinajstić information content (AvgIpc) is 2.95. The maximum absolute atomic E-state index is 6.61. The number of piperidine rings is 1. The van der Waals surface area contributed by atoms with E-state index in [4.69, 9.17) is 26.6 Å². The van der Waals surface area contributed by atoms with E-state index in [2.05, 4.69) is 52.9 Å². The fourth-order valence-corrected chi connectivity index (χ4v) is 4.35. The van der Waals surface area contributed by atoms with Crippen LogP contribution < -0.4 is 5.32 Å². The molecule has 1 saturated heterocycles. The molecule has 142 valence electrons. The van der Waals surface area contributed by atoms with Crippen LogP contribution in [0.25, 0.3) is 11.4 Å². The molecule has 2 aromatic rings. The summed E-state index contributed by atoms with van der Waals surface area (Å²) in [4.78, 5) is 14.6. The molecular formula is C20H29ClN4S. The smallest absolute Gasteiger partial charge is 0.134 e. The summed E-state index contributed by atoms with van der Waals surface area (Å²) < 4.78 is 0.733. The number of thiazole rings is 1. The normalized spacial score (nSPS) is 16.9. The molecule has 1 fully saturated rings. The summed E-state index contributed by atoms with van der Waals surface area (Å²) in [5.41, 5.74) is 2.49. The van der Waals surface area contributed by atoms with Crippen molar-refractivity contribution in [3.05, 3.63) is 26.9 Å². The minimum Gasteiger partial charge on any atom is -0.317 e. The summed E-state index contributed by atoms with van der Waals surface area (Å²) in [6.45, 7) is 15.0. The highest BCUT2D eigenvalue weighted by Gasteiger charge is 2.27. The van der Waals surface area contributed by atoms with Gasteiger partial charge in [-0.15, -0.1) is 11.3 Å². The Labute approximate surface area is 165 Å². The molecule has 6 heteroatoms. The summed E-state index contributed by atoms with van der Waals surface area (Å²) in [7, 11) is 0. The van der Waals surface area contributed by atoms with Crippen molar-refractivity contribution in [2.24, 2.45) is 0 Å². The molecule has 0 spiro atoms. The van der Waals surface area contributed by atoms with E-state index in [1.54, 1.807) is 11.3 Å². The Bertz CT molecular complexity index is 748. The number of hydrogen-bond donors (Lipinski definition) is 1. The Morgan fingerprint density at radius 1 is 1.00 bits per heavy atom. The van der Waals surface area contributed by atoms with Gasteiger partial charge in [0.25, 0.3) is 0 Å². The standard InChI is InChI=1S/C20H29ClN4S/c1-19(2,3)14-11-13(23-18(24-14)20(4,5)6)15-16(21)26-17(25-15)12-7-9-22-10-8-12/h11-12,22H,7-10H2,1-6H3. The van der Waals surface area contributed by atoms with Crippen LogP contribution in [0.15, 0.2) is 6.07 Å². The van der Waals surface area contributed by atoms with Gasteiger partial charge in [0.05, 0.1) is 16.4 Å². The fourth-order valence-electron chi connectivity index (χ4n) is 3.01. The molecule has 0 amide bonds. The molecule has 3 rings (SSSR count). The number of nitrogens with one attached hydrogen (secondary N) is 1. The average molecular weight is 393 g/mol. The second kappa shape index (κ2) is 7.17. The van der Waals surface area contributed by atoms with E-state index in [9.17, 15) is 0 Å². The molecule has 0 unspecified atom stereocenters. The molecule has 1 N–H and O–H groups in total. The third kappa shape index (κ3) is 4.26. The van der Waals surface area contributed by atoms with Crippen molar-refractivity contribution in [3.63, 3.8) is 0 Å². The Balaban J connectivity index is 2.07. The monoisotopic (exact) mass is 392 g/mol. The summed E-state index contributed by atoms with van der Waals surface area (Å²) in [6.07, 6.45) is 2.24. The van der Waals surface area contributed by atoms with E-state index in [-0.39, 0.29) is 10.8 Å². The number of aromatic nitrogens is 3. The van der Waals surface area contributed by atoms with E-state index in [0.717, 1.165) is 58.2 Å². The predicted molar refractivity (Wildman–Crippen MR) is 110 cm³/mol. The van der Waals surface area contributed by atoms with Gasteiger partial charge in [-0.25, -0.2) is 15.0 Å². The largest absolute Gasteiger partial charge is 0.317 e. The maximum Gasteiger partial charge on any atom is 0.134 e. The van der Waals surface area contributed by atoms with Crippen LogP contribution in [0, 0.1) is 0 Å². The predicted octanol–water partition coefficient (Wildman–Crippen LogP) is 5.32. The highest BCUT2D eigenvalue weighted by molar-refractivity contribution is 7.16. The highest BCUT2D eigenvalue weighted by Crippen LogP contribution is 2.39. The van der Waals surface area contributed by atoms with Gasteiger partial charge in [0.15, 0.2) is 0 Å². The zero-order valence-electron chi connectivity index (χ0n) is 16.6. The molecule has 0 aliphatic carbocycles.